The number of hydrogen-bond donors (Lipinski definition) is 0. The molecule has 0 fully saturated rings. The molecule has 0 atom stereocenters. The average Bonchev–Trinajstić information content (AvgIpc) is 2.08. The van der Waals surface area contributed by atoms with Gasteiger partial charge in [0.25, 0.3) is 0 Å². The van der Waals surface area contributed by atoms with Crippen molar-refractivity contribution in [1.29, 1.82) is 0 Å². The van der Waals surface area contributed by atoms with E-state index >= 15 is 0 Å². The molecule has 116 valence electrons. The average molecular weight is 322 g/mol. The molecule has 0 N–H and O–H groups in total. The minimum Gasteiger partial charge on any atom is -0.292 e. The van der Waals surface area contributed by atoms with E-state index in [1.54, 1.807) is 41.5 Å². The van der Waals surface area contributed by atoms with Gasteiger partial charge in [-0.3, -0.25) is 3.87 Å². The van der Waals surface area contributed by atoms with Crippen molar-refractivity contribution >= 4 is 18.7 Å². The van der Waals surface area contributed by atoms with Crippen LogP contribution in [-0.2, 0) is 18.5 Å². The summed E-state index contributed by atoms with van der Waals surface area (Å²) < 4.78 is 67.2. The lowest BCUT2D eigenvalue weighted by molar-refractivity contribution is -0.274. The van der Waals surface area contributed by atoms with E-state index in [2.05, 4.69) is 4.18 Å². The van der Waals surface area contributed by atoms with Crippen molar-refractivity contribution in [3.05, 3.63) is 0 Å². The van der Waals surface area contributed by atoms with Gasteiger partial charge in [-0.1, -0.05) is 41.5 Å². The highest BCUT2D eigenvalue weighted by atomic mass is 32.3. The molecule has 0 saturated heterocycles. The van der Waals surface area contributed by atoms with Gasteiger partial charge in [-0.15, -0.1) is 17.4 Å². The molecule has 0 rings (SSSR count). The summed E-state index contributed by atoms with van der Waals surface area (Å²) in [5.41, 5.74) is -0.502. The zero-order valence-electron chi connectivity index (χ0n) is 11.9. The molecule has 0 aliphatic heterocycles. The SMILES string of the molecule is CC(C)[Si](OS(=O)(=O)OC(F)(F)F)(C(C)C)C(C)C. The number of rotatable bonds is 6. The van der Waals surface area contributed by atoms with E-state index in [4.69, 9.17) is 3.87 Å². The van der Waals surface area contributed by atoms with Gasteiger partial charge in [-0.25, -0.2) is 0 Å². The van der Waals surface area contributed by atoms with Crippen molar-refractivity contribution in [2.75, 3.05) is 0 Å². The van der Waals surface area contributed by atoms with Gasteiger partial charge < -0.3 is 0 Å². The Bertz CT molecular complexity index is 368. The van der Waals surface area contributed by atoms with Crippen molar-refractivity contribution < 1.29 is 29.6 Å². The van der Waals surface area contributed by atoms with Crippen LogP contribution in [0.1, 0.15) is 41.5 Å². The van der Waals surface area contributed by atoms with Crippen LogP contribution in [0.5, 0.6) is 0 Å². The number of halogens is 3. The Morgan fingerprint density at radius 3 is 1.42 bits per heavy atom. The predicted molar refractivity (Wildman–Crippen MR) is 68.2 cm³/mol. The predicted octanol–water partition coefficient (Wildman–Crippen LogP) is 3.96. The fourth-order valence-corrected chi connectivity index (χ4v) is 10.7. The molecule has 0 unspecified atom stereocenters. The molecular formula is C10H21F3O4SSi. The summed E-state index contributed by atoms with van der Waals surface area (Å²) in [5.74, 6) is 0. The van der Waals surface area contributed by atoms with Crippen molar-refractivity contribution in [2.45, 2.75) is 64.5 Å². The van der Waals surface area contributed by atoms with Gasteiger partial charge >= 0.3 is 16.8 Å². The standard InChI is InChI=1S/C10H21F3O4SSi/c1-7(2)19(8(3)4,9(5)6)17-18(14,15)16-10(11,12)13/h7-9H,1-6H3. The van der Waals surface area contributed by atoms with Crippen LogP contribution in [-0.4, -0.2) is 23.1 Å². The summed E-state index contributed by atoms with van der Waals surface area (Å²) in [7, 11) is -8.07. The van der Waals surface area contributed by atoms with Gasteiger partial charge in [0.2, 0.25) is 8.32 Å². The first-order valence-corrected chi connectivity index (χ1v) is 9.45. The van der Waals surface area contributed by atoms with E-state index < -0.39 is 25.1 Å². The first-order valence-electron chi connectivity index (χ1n) is 5.97. The lowest BCUT2D eigenvalue weighted by Gasteiger charge is -2.40. The Kier molecular flexibility index (Phi) is 6.07. The van der Waals surface area contributed by atoms with Crippen molar-refractivity contribution in [3.8, 4) is 0 Å². The first kappa shape index (κ1) is 18.9. The van der Waals surface area contributed by atoms with Crippen LogP contribution < -0.4 is 0 Å². The fourth-order valence-electron chi connectivity index (χ4n) is 2.60. The molecule has 0 radical (unpaired) electrons. The van der Waals surface area contributed by atoms with Gasteiger partial charge in [-0.2, -0.15) is 8.42 Å². The molecule has 0 bridgehead atoms. The molecule has 0 aromatic rings. The second-order valence-corrected chi connectivity index (χ2v) is 12.2. The van der Waals surface area contributed by atoms with Crippen LogP contribution >= 0.6 is 0 Å². The van der Waals surface area contributed by atoms with Crippen LogP contribution in [0.4, 0.5) is 13.2 Å². The monoisotopic (exact) mass is 322 g/mol. The molecule has 0 aromatic heterocycles. The molecular weight excluding hydrogens is 301 g/mol. The summed E-state index contributed by atoms with van der Waals surface area (Å²) in [6.07, 6.45) is -5.27. The van der Waals surface area contributed by atoms with Gasteiger partial charge in [-0.05, 0) is 16.6 Å². The van der Waals surface area contributed by atoms with Crippen LogP contribution in [0.2, 0.25) is 16.6 Å². The summed E-state index contributed by atoms with van der Waals surface area (Å²) in [6, 6.07) is 0. The van der Waals surface area contributed by atoms with E-state index in [9.17, 15) is 21.6 Å². The lowest BCUT2D eigenvalue weighted by atomic mass is 10.5. The fraction of sp³-hybridized carbons (Fsp3) is 1.00. The van der Waals surface area contributed by atoms with Crippen LogP contribution in [0.15, 0.2) is 0 Å². The lowest BCUT2D eigenvalue weighted by Crippen LogP contribution is -2.49. The molecule has 4 nitrogen and oxygen atoms in total. The first-order chi connectivity index (χ1) is 8.24. The highest BCUT2D eigenvalue weighted by Crippen LogP contribution is 2.43. The quantitative estimate of drug-likeness (QED) is 0.695. The van der Waals surface area contributed by atoms with Gasteiger partial charge in [0.15, 0.2) is 0 Å². The maximum atomic E-state index is 12.1. The molecule has 0 amide bonds. The van der Waals surface area contributed by atoms with Crippen LogP contribution in [0.25, 0.3) is 0 Å². The zero-order valence-corrected chi connectivity index (χ0v) is 13.7. The van der Waals surface area contributed by atoms with E-state index in [0.29, 0.717) is 0 Å². The topological polar surface area (TPSA) is 52.6 Å². The van der Waals surface area contributed by atoms with Crippen LogP contribution in [0.3, 0.4) is 0 Å². The normalized spacial score (nSPS) is 14.7. The largest absolute Gasteiger partial charge is 0.538 e. The number of alkyl halides is 3. The van der Waals surface area contributed by atoms with Gasteiger partial charge in [0.05, 0.1) is 0 Å². The Morgan fingerprint density at radius 2 is 1.21 bits per heavy atom. The third-order valence-corrected chi connectivity index (χ3v) is 10.9. The Balaban J connectivity index is 5.47. The maximum absolute atomic E-state index is 12.1. The Morgan fingerprint density at radius 1 is 0.895 bits per heavy atom. The molecule has 0 aliphatic rings. The molecule has 0 heterocycles. The van der Waals surface area contributed by atoms with Crippen molar-refractivity contribution in [3.63, 3.8) is 0 Å². The van der Waals surface area contributed by atoms with E-state index in [1.807, 2.05) is 0 Å². The number of hydrogen-bond acceptors (Lipinski definition) is 4. The van der Waals surface area contributed by atoms with Crippen molar-refractivity contribution in [1.82, 2.24) is 0 Å². The van der Waals surface area contributed by atoms with Gasteiger partial charge in [0.1, 0.15) is 0 Å². The summed E-state index contributed by atoms with van der Waals surface area (Å²) in [6.45, 7) is 10.6. The molecule has 0 aromatic carbocycles. The van der Waals surface area contributed by atoms with Crippen LogP contribution in [0, 0.1) is 0 Å². The molecule has 9 heteroatoms. The van der Waals surface area contributed by atoms with Crippen molar-refractivity contribution in [2.24, 2.45) is 0 Å². The van der Waals surface area contributed by atoms with E-state index in [0.717, 1.165) is 0 Å². The summed E-state index contributed by atoms with van der Waals surface area (Å²) in [5, 5.41) is 0. The molecule has 0 spiro atoms. The second kappa shape index (κ2) is 6.11. The highest BCUT2D eigenvalue weighted by Gasteiger charge is 2.51. The molecule has 0 saturated carbocycles. The zero-order chi connectivity index (χ0) is 15.6. The highest BCUT2D eigenvalue weighted by molar-refractivity contribution is 7.83. The van der Waals surface area contributed by atoms with E-state index in [1.165, 1.54) is 0 Å². The Hall–Kier alpha value is -0.123. The smallest absolute Gasteiger partial charge is 0.292 e. The summed E-state index contributed by atoms with van der Waals surface area (Å²) >= 11 is 0. The molecule has 0 aliphatic carbocycles. The Labute approximate surface area is 113 Å². The molecule has 19 heavy (non-hydrogen) atoms. The summed E-state index contributed by atoms with van der Waals surface area (Å²) in [4.78, 5) is 0. The second-order valence-electron chi connectivity index (χ2n) is 5.34. The minimum atomic E-state index is -5.27. The third kappa shape index (κ3) is 5.05. The minimum absolute atomic E-state index is 0.167. The van der Waals surface area contributed by atoms with E-state index in [-0.39, 0.29) is 16.6 Å². The third-order valence-electron chi connectivity index (χ3n) is 3.15. The van der Waals surface area contributed by atoms with Gasteiger partial charge in [0, 0.05) is 0 Å². The maximum Gasteiger partial charge on any atom is 0.538 e.